The zero-order valence-corrected chi connectivity index (χ0v) is 17.8. The number of likely N-dealkylation sites (N-methyl/N-ethyl adjacent to an activating group) is 1. The first-order valence-electron chi connectivity index (χ1n) is 10.6. The van der Waals surface area contributed by atoms with Gasteiger partial charge in [-0.05, 0) is 35.1 Å². The molecule has 5 nitrogen and oxygen atoms in total. The lowest BCUT2D eigenvalue weighted by Crippen LogP contribution is -3.10. The minimum absolute atomic E-state index is 0.133. The molecule has 29 heavy (non-hydrogen) atoms. The van der Waals surface area contributed by atoms with Gasteiger partial charge in [-0.25, -0.2) is 0 Å². The molecule has 156 valence electrons. The van der Waals surface area contributed by atoms with Crippen LogP contribution in [0.15, 0.2) is 30.3 Å². The highest BCUT2D eigenvalue weighted by molar-refractivity contribution is 5.61. The number of nitrogens with one attached hydrogen (secondary N) is 1. The summed E-state index contributed by atoms with van der Waals surface area (Å²) in [5, 5.41) is 11.0. The summed E-state index contributed by atoms with van der Waals surface area (Å²) in [6.45, 7) is 5.69. The van der Waals surface area contributed by atoms with E-state index in [1.165, 1.54) is 16.0 Å². The molecule has 0 saturated carbocycles. The van der Waals surface area contributed by atoms with Gasteiger partial charge in [0, 0.05) is 12.8 Å². The fourth-order valence-corrected chi connectivity index (χ4v) is 4.65. The Kier molecular flexibility index (Phi) is 5.70. The molecule has 2 aliphatic rings. The number of rotatable bonds is 6. The average molecular weight is 399 g/mol. The SMILES string of the molecule is COc1c2c(cc3c1[C@@H](C[C@H](O)c1ccc(CC(C)C)cc1)[NH+](C)CC3)OCO2. The van der Waals surface area contributed by atoms with Crippen LogP contribution in [0.5, 0.6) is 17.2 Å². The number of quaternary nitrogens is 1. The molecule has 2 aromatic rings. The van der Waals surface area contributed by atoms with Crippen molar-refractivity contribution in [1.82, 2.24) is 0 Å². The molecule has 0 radical (unpaired) electrons. The van der Waals surface area contributed by atoms with E-state index in [0.29, 0.717) is 18.1 Å². The Hall–Kier alpha value is -2.24. The number of benzene rings is 2. The standard InChI is InChI=1S/C24H31NO4/c1-15(2)11-16-5-7-17(8-6-16)20(26)13-19-22-18(9-10-25(19)3)12-21-23(24(22)27-4)29-14-28-21/h5-8,12,15,19-20,26H,9-11,13-14H2,1-4H3/p+1/t19-,20+/m1/s1. The van der Waals surface area contributed by atoms with Crippen LogP contribution in [0.25, 0.3) is 0 Å². The Bertz CT molecular complexity index is 862. The van der Waals surface area contributed by atoms with E-state index in [0.717, 1.165) is 42.0 Å². The normalized spacial score (nSPS) is 21.2. The summed E-state index contributed by atoms with van der Waals surface area (Å²) in [6, 6.07) is 10.6. The predicted molar refractivity (Wildman–Crippen MR) is 112 cm³/mol. The highest BCUT2D eigenvalue weighted by Crippen LogP contribution is 2.48. The van der Waals surface area contributed by atoms with E-state index >= 15 is 0 Å². The van der Waals surface area contributed by atoms with Crippen molar-refractivity contribution in [2.75, 3.05) is 27.5 Å². The summed E-state index contributed by atoms with van der Waals surface area (Å²) in [5.74, 6) is 2.85. The van der Waals surface area contributed by atoms with Crippen molar-refractivity contribution in [2.45, 2.75) is 45.3 Å². The van der Waals surface area contributed by atoms with Gasteiger partial charge in [-0.15, -0.1) is 0 Å². The molecule has 4 rings (SSSR count). The minimum atomic E-state index is -0.524. The zero-order valence-electron chi connectivity index (χ0n) is 17.8. The van der Waals surface area contributed by atoms with E-state index in [2.05, 4.69) is 51.2 Å². The maximum atomic E-state index is 11.0. The van der Waals surface area contributed by atoms with Crippen molar-refractivity contribution in [3.05, 3.63) is 52.6 Å². The molecule has 2 heterocycles. The second-order valence-electron chi connectivity index (χ2n) is 8.71. The predicted octanol–water partition coefficient (Wildman–Crippen LogP) is 2.86. The Morgan fingerprint density at radius 1 is 1.21 bits per heavy atom. The van der Waals surface area contributed by atoms with E-state index in [9.17, 15) is 5.11 Å². The highest BCUT2D eigenvalue weighted by atomic mass is 16.7. The lowest BCUT2D eigenvalue weighted by molar-refractivity contribution is -0.915. The molecule has 5 heteroatoms. The lowest BCUT2D eigenvalue weighted by Gasteiger charge is -2.34. The number of aliphatic hydroxyl groups is 1. The van der Waals surface area contributed by atoms with Crippen LogP contribution in [0.1, 0.15) is 54.7 Å². The molecule has 2 N–H and O–H groups in total. The Labute approximate surface area is 173 Å². The third-order valence-electron chi connectivity index (χ3n) is 6.15. The number of fused-ring (bicyclic) bond motifs is 2. The molecule has 2 aromatic carbocycles. The smallest absolute Gasteiger partial charge is 0.231 e. The van der Waals surface area contributed by atoms with Crippen LogP contribution in [0.2, 0.25) is 0 Å². The molecular weight excluding hydrogens is 366 g/mol. The summed E-state index contributed by atoms with van der Waals surface area (Å²) in [5.41, 5.74) is 4.67. The number of aliphatic hydroxyl groups excluding tert-OH is 1. The molecule has 0 bridgehead atoms. The number of methoxy groups -OCH3 is 1. The third kappa shape index (κ3) is 3.94. The van der Waals surface area contributed by atoms with Crippen LogP contribution in [-0.4, -0.2) is 32.6 Å². The third-order valence-corrected chi connectivity index (χ3v) is 6.15. The van der Waals surface area contributed by atoms with E-state index in [-0.39, 0.29) is 12.8 Å². The van der Waals surface area contributed by atoms with Crippen molar-refractivity contribution in [1.29, 1.82) is 0 Å². The quantitative estimate of drug-likeness (QED) is 0.786. The highest BCUT2D eigenvalue weighted by Gasteiger charge is 2.37. The van der Waals surface area contributed by atoms with Gasteiger partial charge in [-0.1, -0.05) is 38.1 Å². The van der Waals surface area contributed by atoms with Crippen LogP contribution in [-0.2, 0) is 12.8 Å². The van der Waals surface area contributed by atoms with Crippen molar-refractivity contribution < 1.29 is 24.2 Å². The van der Waals surface area contributed by atoms with Gasteiger partial charge in [0.25, 0.3) is 0 Å². The summed E-state index contributed by atoms with van der Waals surface area (Å²) >= 11 is 0. The summed E-state index contributed by atoms with van der Waals surface area (Å²) in [6.07, 6.45) is 2.14. The molecule has 0 spiro atoms. The van der Waals surface area contributed by atoms with Crippen molar-refractivity contribution in [2.24, 2.45) is 5.92 Å². The van der Waals surface area contributed by atoms with Crippen LogP contribution in [0.4, 0.5) is 0 Å². The van der Waals surface area contributed by atoms with E-state index in [4.69, 9.17) is 14.2 Å². The van der Waals surface area contributed by atoms with Gasteiger partial charge in [0.1, 0.15) is 6.04 Å². The summed E-state index contributed by atoms with van der Waals surface area (Å²) < 4.78 is 17.1. The van der Waals surface area contributed by atoms with Crippen LogP contribution in [0.3, 0.4) is 0 Å². The monoisotopic (exact) mass is 398 g/mol. The lowest BCUT2D eigenvalue weighted by atomic mass is 9.87. The fourth-order valence-electron chi connectivity index (χ4n) is 4.65. The largest absolute Gasteiger partial charge is 0.492 e. The maximum Gasteiger partial charge on any atom is 0.231 e. The molecule has 0 fully saturated rings. The van der Waals surface area contributed by atoms with Gasteiger partial charge in [0.05, 0.1) is 32.4 Å². The second kappa shape index (κ2) is 8.25. The molecule has 2 aliphatic heterocycles. The summed E-state index contributed by atoms with van der Waals surface area (Å²) in [7, 11) is 3.87. The maximum absolute atomic E-state index is 11.0. The second-order valence-corrected chi connectivity index (χ2v) is 8.71. The minimum Gasteiger partial charge on any atom is -0.492 e. The van der Waals surface area contributed by atoms with E-state index in [1.807, 2.05) is 0 Å². The van der Waals surface area contributed by atoms with Crippen LogP contribution in [0, 0.1) is 5.92 Å². The van der Waals surface area contributed by atoms with Gasteiger partial charge in [0.15, 0.2) is 11.5 Å². The zero-order chi connectivity index (χ0) is 20.5. The topological polar surface area (TPSA) is 52.4 Å². The molecule has 0 aliphatic carbocycles. The van der Waals surface area contributed by atoms with Crippen molar-refractivity contribution >= 4 is 0 Å². The van der Waals surface area contributed by atoms with Gasteiger partial charge in [0.2, 0.25) is 12.5 Å². The first-order chi connectivity index (χ1) is 14.0. The Morgan fingerprint density at radius 3 is 2.66 bits per heavy atom. The van der Waals surface area contributed by atoms with E-state index < -0.39 is 6.10 Å². The number of hydrogen-bond acceptors (Lipinski definition) is 4. The molecule has 1 unspecified atom stereocenters. The average Bonchev–Trinajstić information content (AvgIpc) is 3.16. The Morgan fingerprint density at radius 2 is 1.97 bits per heavy atom. The van der Waals surface area contributed by atoms with Gasteiger partial charge >= 0.3 is 0 Å². The van der Waals surface area contributed by atoms with Gasteiger partial charge in [-0.2, -0.15) is 0 Å². The van der Waals surface area contributed by atoms with Crippen LogP contribution >= 0.6 is 0 Å². The fraction of sp³-hybridized carbons (Fsp3) is 0.500. The van der Waals surface area contributed by atoms with Crippen molar-refractivity contribution in [3.63, 3.8) is 0 Å². The molecule has 0 saturated heterocycles. The molecule has 0 amide bonds. The molecule has 3 atom stereocenters. The van der Waals surface area contributed by atoms with Gasteiger partial charge < -0.3 is 24.2 Å². The number of ether oxygens (including phenoxy) is 3. The first-order valence-corrected chi connectivity index (χ1v) is 10.6. The first kappa shape index (κ1) is 20.0. The van der Waals surface area contributed by atoms with E-state index in [1.54, 1.807) is 7.11 Å². The Balaban J connectivity index is 1.61. The summed E-state index contributed by atoms with van der Waals surface area (Å²) in [4.78, 5) is 1.38. The van der Waals surface area contributed by atoms with Crippen LogP contribution < -0.4 is 19.1 Å². The van der Waals surface area contributed by atoms with Gasteiger partial charge in [-0.3, -0.25) is 0 Å². The molecule has 0 aromatic heterocycles. The molecular formula is C24H32NO4+. The number of hydrogen-bond donors (Lipinski definition) is 2. The van der Waals surface area contributed by atoms with Crippen molar-refractivity contribution in [3.8, 4) is 17.2 Å².